The molecule has 0 bridgehead atoms. The van der Waals surface area contributed by atoms with E-state index in [0.717, 1.165) is 0 Å². The van der Waals surface area contributed by atoms with Crippen LogP contribution in [0.2, 0.25) is 0 Å². The van der Waals surface area contributed by atoms with Crippen molar-refractivity contribution in [3.8, 4) is 0 Å². The monoisotopic (exact) mass is 275 g/mol. The third-order valence-corrected chi connectivity index (χ3v) is 2.92. The molecule has 0 radical (unpaired) electrons. The highest BCUT2D eigenvalue weighted by Gasteiger charge is 2.17. The molecule has 0 aliphatic heterocycles. The van der Waals surface area contributed by atoms with Crippen LogP contribution >= 0.6 is 11.6 Å². The molecule has 0 fully saturated rings. The number of carboxylic acid groups (broad SMARTS) is 1. The molecule has 0 saturated carbocycles. The molecule has 4 nitrogen and oxygen atoms in total. The molecule has 2 rings (SSSR count). The normalized spacial score (nSPS) is 17.6. The van der Waals surface area contributed by atoms with Crippen LogP contribution in [0.5, 0.6) is 0 Å². The van der Waals surface area contributed by atoms with Crippen LogP contribution in [-0.2, 0) is 4.79 Å². The van der Waals surface area contributed by atoms with Crippen molar-refractivity contribution in [1.29, 1.82) is 0 Å². The van der Waals surface area contributed by atoms with Crippen molar-refractivity contribution in [2.75, 3.05) is 5.32 Å². The smallest absolute Gasteiger partial charge is 0.337 e. The van der Waals surface area contributed by atoms with Crippen molar-refractivity contribution in [3.05, 3.63) is 58.7 Å². The Morgan fingerprint density at radius 2 is 2.05 bits per heavy atom. The molecule has 1 atom stereocenters. The Labute approximate surface area is 114 Å². The highest BCUT2D eigenvalue weighted by atomic mass is 35.5. The van der Waals surface area contributed by atoms with E-state index in [1.54, 1.807) is 36.4 Å². The van der Waals surface area contributed by atoms with Gasteiger partial charge in [0.15, 0.2) is 0 Å². The number of carbonyl (C=O) groups excluding carboxylic acids is 1. The average molecular weight is 276 g/mol. The highest BCUT2D eigenvalue weighted by molar-refractivity contribution is 6.31. The van der Waals surface area contributed by atoms with Crippen molar-refractivity contribution < 1.29 is 14.7 Å². The summed E-state index contributed by atoms with van der Waals surface area (Å²) in [6, 6.07) is 5.97. The van der Waals surface area contributed by atoms with E-state index in [9.17, 15) is 9.59 Å². The number of nitrogens with one attached hydrogen (secondary N) is 1. The Bertz CT molecular complexity index is 627. The van der Waals surface area contributed by atoms with Crippen LogP contribution in [-0.4, -0.2) is 23.1 Å². The molecular formula is C14H10ClNO3. The van der Waals surface area contributed by atoms with Gasteiger partial charge < -0.3 is 10.4 Å². The van der Waals surface area contributed by atoms with Gasteiger partial charge in [-0.25, -0.2) is 9.59 Å². The molecule has 96 valence electrons. The zero-order valence-electron chi connectivity index (χ0n) is 9.76. The predicted molar refractivity (Wildman–Crippen MR) is 73.1 cm³/mol. The molecule has 0 spiro atoms. The summed E-state index contributed by atoms with van der Waals surface area (Å²) in [5.74, 6) is 0.770. The molecular weight excluding hydrogens is 266 g/mol. The molecule has 0 heterocycles. The van der Waals surface area contributed by atoms with Crippen molar-refractivity contribution >= 4 is 29.2 Å². The summed E-state index contributed by atoms with van der Waals surface area (Å²) >= 11 is 5.88. The van der Waals surface area contributed by atoms with E-state index in [1.165, 1.54) is 6.07 Å². The largest absolute Gasteiger partial charge is 0.478 e. The summed E-state index contributed by atoms with van der Waals surface area (Å²) in [6.45, 7) is 0. The Kier molecular flexibility index (Phi) is 3.85. The number of carbonyl (C=O) groups is 1. The number of hydrogen-bond donors (Lipinski definition) is 2. The standard InChI is InChI=1S/C14H10ClNO3/c15-10-6-5-9(8-17)13(7-10)16-12-4-2-1-3-11(12)14(18)19/h1-7,13,16H,(H,18,19). The number of aromatic carboxylic acids is 1. The van der Waals surface area contributed by atoms with Gasteiger partial charge in [-0.1, -0.05) is 23.7 Å². The number of halogens is 1. The number of rotatable bonds is 3. The van der Waals surface area contributed by atoms with Gasteiger partial charge >= 0.3 is 5.97 Å². The van der Waals surface area contributed by atoms with Crippen LogP contribution in [0.1, 0.15) is 10.4 Å². The summed E-state index contributed by atoms with van der Waals surface area (Å²) in [5.41, 5.74) is 0.917. The average Bonchev–Trinajstić information content (AvgIpc) is 2.39. The van der Waals surface area contributed by atoms with Gasteiger partial charge in [-0.05, 0) is 30.4 Å². The quantitative estimate of drug-likeness (QED) is 0.832. The van der Waals surface area contributed by atoms with Crippen LogP contribution < -0.4 is 5.32 Å². The zero-order valence-corrected chi connectivity index (χ0v) is 10.5. The van der Waals surface area contributed by atoms with Gasteiger partial charge in [-0.2, -0.15) is 0 Å². The topological polar surface area (TPSA) is 66.4 Å². The minimum absolute atomic E-state index is 0.131. The van der Waals surface area contributed by atoms with Gasteiger partial charge in [-0.3, -0.25) is 0 Å². The van der Waals surface area contributed by atoms with E-state index < -0.39 is 12.0 Å². The van der Waals surface area contributed by atoms with Crippen molar-refractivity contribution in [2.24, 2.45) is 0 Å². The van der Waals surface area contributed by atoms with Crippen LogP contribution in [0.3, 0.4) is 0 Å². The molecule has 1 unspecified atom stereocenters. The minimum Gasteiger partial charge on any atom is -0.478 e. The number of anilines is 1. The van der Waals surface area contributed by atoms with E-state index in [2.05, 4.69) is 5.32 Å². The molecule has 1 aliphatic rings. The minimum atomic E-state index is -1.04. The zero-order chi connectivity index (χ0) is 13.8. The lowest BCUT2D eigenvalue weighted by atomic mass is 10.0. The summed E-state index contributed by atoms with van der Waals surface area (Å²) in [5, 5.41) is 12.5. The summed E-state index contributed by atoms with van der Waals surface area (Å²) in [7, 11) is 0. The van der Waals surface area contributed by atoms with E-state index in [4.69, 9.17) is 16.7 Å². The summed E-state index contributed by atoms with van der Waals surface area (Å²) in [6.07, 6.45) is 4.76. The number of allylic oxidation sites excluding steroid dienone is 2. The first-order chi connectivity index (χ1) is 9.11. The summed E-state index contributed by atoms with van der Waals surface area (Å²) in [4.78, 5) is 21.9. The molecule has 19 heavy (non-hydrogen) atoms. The van der Waals surface area contributed by atoms with Crippen molar-refractivity contribution in [1.82, 2.24) is 0 Å². The molecule has 2 N–H and O–H groups in total. The fraction of sp³-hybridized carbons (Fsp3) is 0.0714. The third-order valence-electron chi connectivity index (χ3n) is 2.67. The number of carboxylic acids is 1. The second kappa shape index (κ2) is 5.57. The first kappa shape index (κ1) is 13.1. The molecule has 0 aromatic heterocycles. The molecule has 1 aliphatic carbocycles. The number of para-hydroxylation sites is 1. The van der Waals surface area contributed by atoms with E-state index in [1.807, 2.05) is 5.94 Å². The lowest BCUT2D eigenvalue weighted by Crippen LogP contribution is -2.22. The van der Waals surface area contributed by atoms with Crippen LogP contribution in [0, 0.1) is 0 Å². The van der Waals surface area contributed by atoms with E-state index >= 15 is 0 Å². The lowest BCUT2D eigenvalue weighted by Gasteiger charge is -2.19. The predicted octanol–water partition coefficient (Wildman–Crippen LogP) is 2.62. The first-order valence-corrected chi connectivity index (χ1v) is 5.89. The van der Waals surface area contributed by atoms with Gasteiger partial charge in [0.05, 0.1) is 17.2 Å². The fourth-order valence-electron chi connectivity index (χ4n) is 1.76. The van der Waals surface area contributed by atoms with Gasteiger partial charge in [-0.15, -0.1) is 0 Å². The highest BCUT2D eigenvalue weighted by Crippen LogP contribution is 2.23. The fourth-order valence-corrected chi connectivity index (χ4v) is 1.95. The second-order valence-electron chi connectivity index (χ2n) is 3.92. The maximum absolute atomic E-state index is 11.1. The Morgan fingerprint density at radius 3 is 2.74 bits per heavy atom. The van der Waals surface area contributed by atoms with Gasteiger partial charge in [0.25, 0.3) is 0 Å². The Hall–Kier alpha value is -2.29. The number of hydrogen-bond acceptors (Lipinski definition) is 3. The maximum atomic E-state index is 11.1. The van der Waals surface area contributed by atoms with E-state index in [0.29, 0.717) is 16.3 Å². The SMILES string of the molecule is O=C=C1C=CC(Cl)=CC1Nc1ccccc1C(=O)O. The number of benzene rings is 1. The Balaban J connectivity index is 2.33. The van der Waals surface area contributed by atoms with Crippen molar-refractivity contribution in [3.63, 3.8) is 0 Å². The van der Waals surface area contributed by atoms with Gasteiger partial charge in [0, 0.05) is 10.7 Å². The van der Waals surface area contributed by atoms with Crippen molar-refractivity contribution in [2.45, 2.75) is 6.04 Å². The maximum Gasteiger partial charge on any atom is 0.337 e. The van der Waals surface area contributed by atoms with E-state index in [-0.39, 0.29) is 5.56 Å². The van der Waals surface area contributed by atoms with Crippen LogP contribution in [0.25, 0.3) is 0 Å². The third kappa shape index (κ3) is 2.94. The molecule has 0 saturated heterocycles. The second-order valence-corrected chi connectivity index (χ2v) is 4.35. The van der Waals surface area contributed by atoms with Crippen LogP contribution in [0.4, 0.5) is 5.69 Å². The Morgan fingerprint density at radius 1 is 1.32 bits per heavy atom. The van der Waals surface area contributed by atoms with Gasteiger partial charge in [0.2, 0.25) is 0 Å². The van der Waals surface area contributed by atoms with Gasteiger partial charge in [0.1, 0.15) is 5.94 Å². The molecule has 1 aromatic rings. The first-order valence-electron chi connectivity index (χ1n) is 5.51. The lowest BCUT2D eigenvalue weighted by molar-refractivity contribution is 0.0698. The molecule has 5 heteroatoms. The van der Waals surface area contributed by atoms with Crippen LogP contribution in [0.15, 0.2) is 53.1 Å². The molecule has 0 amide bonds. The molecule has 1 aromatic carbocycles. The summed E-state index contributed by atoms with van der Waals surface area (Å²) < 4.78 is 0.